The Bertz CT molecular complexity index is 741. The van der Waals surface area contributed by atoms with Gasteiger partial charge in [-0.25, -0.2) is 0 Å². The van der Waals surface area contributed by atoms with E-state index >= 15 is 0 Å². The molecule has 0 spiro atoms. The van der Waals surface area contributed by atoms with E-state index in [2.05, 4.69) is 20.8 Å². The van der Waals surface area contributed by atoms with Crippen molar-refractivity contribution in [2.75, 3.05) is 34.4 Å². The molecule has 1 aliphatic rings. The quantitative estimate of drug-likeness (QED) is 0.780. The molecule has 0 atom stereocenters. The molecule has 1 fully saturated rings. The molecule has 148 valence electrons. The smallest absolute Gasteiger partial charge is 0.225 e. The van der Waals surface area contributed by atoms with Crippen LogP contribution in [0, 0.1) is 5.92 Å². The molecule has 3 rings (SSSR count). The van der Waals surface area contributed by atoms with E-state index in [9.17, 15) is 4.79 Å². The molecule has 2 aromatic rings. The van der Waals surface area contributed by atoms with Crippen LogP contribution in [0.25, 0.3) is 5.69 Å². The number of tetrazole rings is 1. The average molecular weight is 397 g/mol. The minimum Gasteiger partial charge on any atom is -0.497 e. The van der Waals surface area contributed by atoms with Gasteiger partial charge in [-0.1, -0.05) is 0 Å². The summed E-state index contributed by atoms with van der Waals surface area (Å²) < 4.78 is 12.2. The van der Waals surface area contributed by atoms with Gasteiger partial charge < -0.3 is 19.7 Å². The summed E-state index contributed by atoms with van der Waals surface area (Å²) in [5, 5.41) is 15.2. The van der Waals surface area contributed by atoms with Crippen LogP contribution < -0.4 is 14.8 Å². The van der Waals surface area contributed by atoms with Crippen molar-refractivity contribution in [2.24, 2.45) is 5.92 Å². The van der Waals surface area contributed by atoms with Crippen LogP contribution in [0.5, 0.6) is 11.5 Å². The van der Waals surface area contributed by atoms with Gasteiger partial charge in [-0.2, -0.15) is 4.68 Å². The van der Waals surface area contributed by atoms with E-state index in [1.54, 1.807) is 36.9 Å². The molecular formula is C17H25ClN6O3. The molecule has 9 nitrogen and oxygen atoms in total. The standard InChI is InChI=1S/C17H24N6O3.ClH/c1-22(17(24)12-4-6-18-7-5-12)11-16-19-20-21-23(16)13-8-14(25-2)10-15(9-13)26-3;/h8-10,12,18H,4-7,11H2,1-3H3;1H. The van der Waals surface area contributed by atoms with Crippen LogP contribution in [-0.4, -0.2) is 65.4 Å². The number of nitrogens with zero attached hydrogens (tertiary/aromatic N) is 5. The molecular weight excluding hydrogens is 372 g/mol. The van der Waals surface area contributed by atoms with E-state index in [1.165, 1.54) is 0 Å². The molecule has 2 heterocycles. The largest absolute Gasteiger partial charge is 0.497 e. The Labute approximate surface area is 164 Å². The van der Waals surface area contributed by atoms with Gasteiger partial charge in [0, 0.05) is 31.2 Å². The van der Waals surface area contributed by atoms with Crippen molar-refractivity contribution in [3.8, 4) is 17.2 Å². The first-order valence-corrected chi connectivity index (χ1v) is 8.58. The van der Waals surface area contributed by atoms with Gasteiger partial charge in [-0.3, -0.25) is 4.79 Å². The van der Waals surface area contributed by atoms with Crippen LogP contribution in [0.2, 0.25) is 0 Å². The average Bonchev–Trinajstić information content (AvgIpc) is 3.15. The SMILES string of the molecule is COc1cc(OC)cc(-n2nnnc2CN(C)C(=O)C2CCNCC2)c1.Cl. The van der Waals surface area contributed by atoms with Crippen LogP contribution >= 0.6 is 12.4 Å². The van der Waals surface area contributed by atoms with Crippen molar-refractivity contribution in [1.82, 2.24) is 30.4 Å². The third-order valence-electron chi connectivity index (χ3n) is 4.56. The Morgan fingerprint density at radius 1 is 1.22 bits per heavy atom. The molecule has 27 heavy (non-hydrogen) atoms. The Morgan fingerprint density at radius 2 is 1.85 bits per heavy atom. The number of aromatic nitrogens is 4. The molecule has 10 heteroatoms. The first-order valence-electron chi connectivity index (χ1n) is 8.58. The maximum atomic E-state index is 12.7. The summed E-state index contributed by atoms with van der Waals surface area (Å²) in [7, 11) is 4.96. The highest BCUT2D eigenvalue weighted by Crippen LogP contribution is 2.25. The molecule has 1 aliphatic heterocycles. The number of hydrogen-bond donors (Lipinski definition) is 1. The Morgan fingerprint density at radius 3 is 2.44 bits per heavy atom. The maximum absolute atomic E-state index is 12.7. The van der Waals surface area contributed by atoms with E-state index in [0.717, 1.165) is 25.9 Å². The zero-order valence-corrected chi connectivity index (χ0v) is 16.5. The van der Waals surface area contributed by atoms with E-state index in [1.807, 2.05) is 12.1 Å². The highest BCUT2D eigenvalue weighted by molar-refractivity contribution is 5.85. The van der Waals surface area contributed by atoms with Crippen LogP contribution in [0.4, 0.5) is 0 Å². The number of nitrogens with one attached hydrogen (secondary N) is 1. The number of halogens is 1. The van der Waals surface area contributed by atoms with Crippen LogP contribution in [0.15, 0.2) is 18.2 Å². The number of ether oxygens (including phenoxy) is 2. The fourth-order valence-corrected chi connectivity index (χ4v) is 3.09. The number of rotatable bonds is 6. The Hall–Kier alpha value is -2.39. The molecule has 0 aliphatic carbocycles. The number of piperidine rings is 1. The minimum absolute atomic E-state index is 0. The van der Waals surface area contributed by atoms with Gasteiger partial charge in [0.1, 0.15) is 11.5 Å². The number of carbonyl (C=O) groups is 1. The molecule has 0 unspecified atom stereocenters. The van der Waals surface area contributed by atoms with Gasteiger partial charge in [-0.15, -0.1) is 17.5 Å². The maximum Gasteiger partial charge on any atom is 0.225 e. The first kappa shape index (κ1) is 20.9. The van der Waals surface area contributed by atoms with Gasteiger partial charge in [-0.05, 0) is 36.4 Å². The van der Waals surface area contributed by atoms with Gasteiger partial charge in [0.2, 0.25) is 5.91 Å². The molecule has 1 saturated heterocycles. The fraction of sp³-hybridized carbons (Fsp3) is 0.529. The predicted molar refractivity (Wildman–Crippen MR) is 102 cm³/mol. The second-order valence-corrected chi connectivity index (χ2v) is 6.30. The second kappa shape index (κ2) is 9.52. The molecule has 0 saturated carbocycles. The molecule has 1 amide bonds. The zero-order chi connectivity index (χ0) is 18.5. The number of methoxy groups -OCH3 is 2. The van der Waals surface area contributed by atoms with Crippen molar-refractivity contribution < 1.29 is 14.3 Å². The second-order valence-electron chi connectivity index (χ2n) is 6.30. The van der Waals surface area contributed by atoms with E-state index in [0.29, 0.717) is 29.6 Å². The monoisotopic (exact) mass is 396 g/mol. The fourth-order valence-electron chi connectivity index (χ4n) is 3.09. The minimum atomic E-state index is 0. The summed E-state index contributed by atoms with van der Waals surface area (Å²) >= 11 is 0. The van der Waals surface area contributed by atoms with Crippen molar-refractivity contribution in [2.45, 2.75) is 19.4 Å². The lowest BCUT2D eigenvalue weighted by Gasteiger charge is -2.26. The van der Waals surface area contributed by atoms with Crippen molar-refractivity contribution in [3.05, 3.63) is 24.0 Å². The molecule has 1 aromatic heterocycles. The molecule has 0 bridgehead atoms. The molecule has 1 aromatic carbocycles. The summed E-state index contributed by atoms with van der Waals surface area (Å²) in [6.07, 6.45) is 1.72. The summed E-state index contributed by atoms with van der Waals surface area (Å²) in [5.41, 5.74) is 0.712. The number of amides is 1. The first-order chi connectivity index (χ1) is 12.6. The van der Waals surface area contributed by atoms with Crippen LogP contribution in [0.3, 0.4) is 0 Å². The lowest BCUT2D eigenvalue weighted by Crippen LogP contribution is -2.39. The van der Waals surface area contributed by atoms with Gasteiger partial charge in [0.25, 0.3) is 0 Å². The van der Waals surface area contributed by atoms with Crippen LogP contribution in [0.1, 0.15) is 18.7 Å². The van der Waals surface area contributed by atoms with Gasteiger partial charge in [0.05, 0.1) is 26.5 Å². The molecule has 0 radical (unpaired) electrons. The summed E-state index contributed by atoms with van der Waals surface area (Å²) in [6, 6.07) is 5.41. The number of hydrogen-bond acceptors (Lipinski definition) is 7. The number of benzene rings is 1. The van der Waals surface area contributed by atoms with E-state index < -0.39 is 0 Å². The van der Waals surface area contributed by atoms with Gasteiger partial charge >= 0.3 is 0 Å². The summed E-state index contributed by atoms with van der Waals surface area (Å²) in [5.74, 6) is 2.04. The summed E-state index contributed by atoms with van der Waals surface area (Å²) in [6.45, 7) is 2.09. The predicted octanol–water partition coefficient (Wildman–Crippen LogP) is 1.06. The number of carbonyl (C=O) groups excluding carboxylic acids is 1. The van der Waals surface area contributed by atoms with Crippen molar-refractivity contribution in [3.63, 3.8) is 0 Å². The normalized spacial score (nSPS) is 14.3. The van der Waals surface area contributed by atoms with Gasteiger partial charge in [0.15, 0.2) is 5.82 Å². The van der Waals surface area contributed by atoms with Crippen LogP contribution in [-0.2, 0) is 11.3 Å². The molecule has 1 N–H and O–H groups in total. The lowest BCUT2D eigenvalue weighted by atomic mass is 9.97. The zero-order valence-electron chi connectivity index (χ0n) is 15.7. The third kappa shape index (κ3) is 4.86. The lowest BCUT2D eigenvalue weighted by molar-refractivity contribution is -0.135. The highest BCUT2D eigenvalue weighted by Gasteiger charge is 2.25. The third-order valence-corrected chi connectivity index (χ3v) is 4.56. The Kier molecular flexibility index (Phi) is 7.37. The highest BCUT2D eigenvalue weighted by atomic mass is 35.5. The van der Waals surface area contributed by atoms with E-state index in [-0.39, 0.29) is 24.2 Å². The summed E-state index contributed by atoms with van der Waals surface area (Å²) in [4.78, 5) is 14.3. The van der Waals surface area contributed by atoms with Crippen molar-refractivity contribution >= 4 is 18.3 Å². The van der Waals surface area contributed by atoms with E-state index in [4.69, 9.17) is 9.47 Å². The van der Waals surface area contributed by atoms with Crippen molar-refractivity contribution in [1.29, 1.82) is 0 Å². The topological polar surface area (TPSA) is 94.4 Å². The Balaban J connectivity index is 0.00000261.